The summed E-state index contributed by atoms with van der Waals surface area (Å²) in [6, 6.07) is 21.9. The van der Waals surface area contributed by atoms with Gasteiger partial charge in [-0.3, -0.25) is 4.79 Å². The second kappa shape index (κ2) is 8.87. The molecule has 0 atom stereocenters. The zero-order valence-corrected chi connectivity index (χ0v) is 15.0. The van der Waals surface area contributed by atoms with E-state index in [1.807, 2.05) is 30.3 Å². The van der Waals surface area contributed by atoms with Crippen molar-refractivity contribution in [3.8, 4) is 11.5 Å². The quantitative estimate of drug-likeness (QED) is 0.665. The molecule has 138 valence electrons. The van der Waals surface area contributed by atoms with Crippen LogP contribution in [0.3, 0.4) is 0 Å². The Morgan fingerprint density at radius 3 is 2.44 bits per heavy atom. The standard InChI is InChI=1S/C22H21NO4/c1-26-21-13-18(22(25)23-19-9-5-8-17(12-19)14-24)10-11-20(21)27-15-16-6-3-2-4-7-16/h2-13,24H,14-15H2,1H3,(H,23,25). The Morgan fingerprint density at radius 1 is 0.926 bits per heavy atom. The molecule has 3 aromatic rings. The Labute approximate surface area is 158 Å². The zero-order chi connectivity index (χ0) is 19.1. The molecule has 27 heavy (non-hydrogen) atoms. The number of benzene rings is 3. The number of rotatable bonds is 7. The van der Waals surface area contributed by atoms with E-state index in [-0.39, 0.29) is 12.5 Å². The van der Waals surface area contributed by atoms with E-state index in [9.17, 15) is 9.90 Å². The number of ether oxygens (including phenoxy) is 2. The molecule has 1 amide bonds. The molecule has 5 nitrogen and oxygen atoms in total. The predicted molar refractivity (Wildman–Crippen MR) is 104 cm³/mol. The van der Waals surface area contributed by atoms with Gasteiger partial charge < -0.3 is 19.9 Å². The molecule has 0 fully saturated rings. The summed E-state index contributed by atoms with van der Waals surface area (Å²) < 4.78 is 11.2. The van der Waals surface area contributed by atoms with E-state index in [0.717, 1.165) is 11.1 Å². The summed E-state index contributed by atoms with van der Waals surface area (Å²) in [7, 11) is 1.54. The van der Waals surface area contributed by atoms with Crippen molar-refractivity contribution in [1.82, 2.24) is 0 Å². The van der Waals surface area contributed by atoms with Gasteiger partial charge in [0.1, 0.15) is 6.61 Å². The molecule has 0 bridgehead atoms. The fourth-order valence-corrected chi connectivity index (χ4v) is 2.61. The summed E-state index contributed by atoms with van der Waals surface area (Å²) in [5, 5.41) is 12.0. The van der Waals surface area contributed by atoms with Gasteiger partial charge in [0.15, 0.2) is 11.5 Å². The molecule has 2 N–H and O–H groups in total. The number of aliphatic hydroxyl groups excluding tert-OH is 1. The van der Waals surface area contributed by atoms with Gasteiger partial charge in [0.25, 0.3) is 5.91 Å². The first-order chi connectivity index (χ1) is 13.2. The van der Waals surface area contributed by atoms with Crippen LogP contribution in [0.5, 0.6) is 11.5 Å². The Balaban J connectivity index is 1.71. The average Bonchev–Trinajstić information content (AvgIpc) is 2.73. The summed E-state index contributed by atoms with van der Waals surface area (Å²) in [4.78, 5) is 12.5. The Kier molecular flexibility index (Phi) is 6.07. The zero-order valence-electron chi connectivity index (χ0n) is 15.0. The normalized spacial score (nSPS) is 10.3. The molecule has 0 aliphatic rings. The van der Waals surface area contributed by atoms with Crippen LogP contribution in [0, 0.1) is 0 Å². The minimum absolute atomic E-state index is 0.0784. The molecule has 3 rings (SSSR count). The molecule has 5 heteroatoms. The van der Waals surface area contributed by atoms with E-state index in [0.29, 0.717) is 29.4 Å². The van der Waals surface area contributed by atoms with Gasteiger partial charge in [-0.15, -0.1) is 0 Å². The molecule has 0 saturated carbocycles. The lowest BCUT2D eigenvalue weighted by Gasteiger charge is -2.13. The number of hydrogen-bond donors (Lipinski definition) is 2. The molecule has 0 aliphatic carbocycles. The van der Waals surface area contributed by atoms with Crippen LogP contribution in [0.25, 0.3) is 0 Å². The molecule has 0 heterocycles. The Morgan fingerprint density at radius 2 is 1.70 bits per heavy atom. The van der Waals surface area contributed by atoms with Crippen LogP contribution in [0.2, 0.25) is 0 Å². The van der Waals surface area contributed by atoms with Crippen molar-refractivity contribution in [2.45, 2.75) is 13.2 Å². The van der Waals surface area contributed by atoms with E-state index in [1.165, 1.54) is 7.11 Å². The van der Waals surface area contributed by atoms with Crippen LogP contribution in [0.15, 0.2) is 72.8 Å². The number of methoxy groups -OCH3 is 1. The van der Waals surface area contributed by atoms with Crippen molar-refractivity contribution in [3.63, 3.8) is 0 Å². The summed E-state index contributed by atoms with van der Waals surface area (Å²) in [5.74, 6) is 0.792. The van der Waals surface area contributed by atoms with Crippen molar-refractivity contribution in [3.05, 3.63) is 89.5 Å². The minimum atomic E-state index is -0.266. The number of carbonyl (C=O) groups is 1. The number of amides is 1. The smallest absolute Gasteiger partial charge is 0.255 e. The molecular weight excluding hydrogens is 342 g/mol. The van der Waals surface area contributed by atoms with Crippen molar-refractivity contribution in [2.24, 2.45) is 0 Å². The van der Waals surface area contributed by atoms with E-state index in [4.69, 9.17) is 9.47 Å². The summed E-state index contributed by atoms with van der Waals surface area (Å²) in [6.45, 7) is 0.335. The van der Waals surface area contributed by atoms with E-state index < -0.39 is 0 Å². The number of carbonyl (C=O) groups excluding carboxylic acids is 1. The topological polar surface area (TPSA) is 67.8 Å². The van der Waals surface area contributed by atoms with Crippen LogP contribution < -0.4 is 14.8 Å². The molecule has 0 spiro atoms. The highest BCUT2D eigenvalue weighted by atomic mass is 16.5. The van der Waals surface area contributed by atoms with Gasteiger partial charge in [0, 0.05) is 11.3 Å². The summed E-state index contributed by atoms with van der Waals surface area (Å²) in [5.41, 5.74) is 2.85. The van der Waals surface area contributed by atoms with Crippen molar-refractivity contribution in [1.29, 1.82) is 0 Å². The van der Waals surface area contributed by atoms with Gasteiger partial charge in [-0.1, -0.05) is 42.5 Å². The first kappa shape index (κ1) is 18.5. The number of nitrogens with one attached hydrogen (secondary N) is 1. The van der Waals surface area contributed by atoms with Gasteiger partial charge >= 0.3 is 0 Å². The summed E-state index contributed by atoms with van der Waals surface area (Å²) in [6.07, 6.45) is 0. The second-order valence-electron chi connectivity index (χ2n) is 5.95. The lowest BCUT2D eigenvalue weighted by Crippen LogP contribution is -2.12. The van der Waals surface area contributed by atoms with Gasteiger partial charge in [-0.05, 0) is 41.5 Å². The van der Waals surface area contributed by atoms with Crippen LogP contribution in [-0.2, 0) is 13.2 Å². The molecule has 0 unspecified atom stereocenters. The van der Waals surface area contributed by atoms with E-state index in [1.54, 1.807) is 42.5 Å². The monoisotopic (exact) mass is 363 g/mol. The highest BCUT2D eigenvalue weighted by Gasteiger charge is 2.12. The van der Waals surface area contributed by atoms with Gasteiger partial charge in [-0.25, -0.2) is 0 Å². The van der Waals surface area contributed by atoms with Gasteiger partial charge in [0.05, 0.1) is 13.7 Å². The maximum Gasteiger partial charge on any atom is 0.255 e. The third kappa shape index (κ3) is 4.86. The lowest BCUT2D eigenvalue weighted by atomic mass is 10.1. The highest BCUT2D eigenvalue weighted by Crippen LogP contribution is 2.29. The average molecular weight is 363 g/mol. The largest absolute Gasteiger partial charge is 0.493 e. The number of anilines is 1. The Bertz CT molecular complexity index is 909. The van der Waals surface area contributed by atoms with Crippen LogP contribution in [-0.4, -0.2) is 18.1 Å². The van der Waals surface area contributed by atoms with Gasteiger partial charge in [-0.2, -0.15) is 0 Å². The number of hydrogen-bond acceptors (Lipinski definition) is 4. The molecular formula is C22H21NO4. The SMILES string of the molecule is COc1cc(C(=O)Nc2cccc(CO)c2)ccc1OCc1ccccc1. The highest BCUT2D eigenvalue weighted by molar-refractivity contribution is 6.04. The Hall–Kier alpha value is -3.31. The second-order valence-corrected chi connectivity index (χ2v) is 5.95. The third-order valence-corrected chi connectivity index (χ3v) is 4.03. The van der Waals surface area contributed by atoms with Crippen LogP contribution in [0.4, 0.5) is 5.69 Å². The van der Waals surface area contributed by atoms with E-state index >= 15 is 0 Å². The maximum atomic E-state index is 12.5. The van der Waals surface area contributed by atoms with E-state index in [2.05, 4.69) is 5.32 Å². The van der Waals surface area contributed by atoms with Crippen molar-refractivity contribution < 1.29 is 19.4 Å². The van der Waals surface area contributed by atoms with Crippen LogP contribution >= 0.6 is 0 Å². The predicted octanol–water partition coefficient (Wildman–Crippen LogP) is 4.02. The molecule has 0 aliphatic heterocycles. The van der Waals surface area contributed by atoms with Crippen molar-refractivity contribution in [2.75, 3.05) is 12.4 Å². The lowest BCUT2D eigenvalue weighted by molar-refractivity contribution is 0.102. The molecule has 3 aromatic carbocycles. The minimum Gasteiger partial charge on any atom is -0.493 e. The van der Waals surface area contributed by atoms with Crippen molar-refractivity contribution >= 4 is 11.6 Å². The fraction of sp³-hybridized carbons (Fsp3) is 0.136. The maximum absolute atomic E-state index is 12.5. The fourth-order valence-electron chi connectivity index (χ4n) is 2.61. The van der Waals surface area contributed by atoms with Crippen LogP contribution in [0.1, 0.15) is 21.5 Å². The molecule has 0 radical (unpaired) electrons. The molecule has 0 saturated heterocycles. The third-order valence-electron chi connectivity index (χ3n) is 4.03. The summed E-state index contributed by atoms with van der Waals surface area (Å²) >= 11 is 0. The molecule has 0 aromatic heterocycles. The van der Waals surface area contributed by atoms with Gasteiger partial charge in [0.2, 0.25) is 0 Å². The number of aliphatic hydroxyl groups is 1. The first-order valence-corrected chi connectivity index (χ1v) is 8.55. The first-order valence-electron chi connectivity index (χ1n) is 8.55.